The van der Waals surface area contributed by atoms with Gasteiger partial charge in [-0.2, -0.15) is 0 Å². The standard InChI is InChI=1S/C28H29Cl2N3O/c1-2-3-11-32-28(34)18-16-22(20-9-6-10-24(29)26(20)30)25-19-7-4-5-8-21(19)27(23(25)17-18)33-14-12-31-13-15-33/h4-10,16-17,27,31H,2-3,11-15H2,1H3,(H,32,34). The van der Waals surface area contributed by atoms with Crippen LogP contribution in [0, 0.1) is 0 Å². The Labute approximate surface area is 211 Å². The van der Waals surface area contributed by atoms with Crippen LogP contribution in [0.3, 0.4) is 0 Å². The van der Waals surface area contributed by atoms with E-state index in [0.717, 1.165) is 61.3 Å². The van der Waals surface area contributed by atoms with Crippen LogP contribution in [-0.4, -0.2) is 43.5 Å². The van der Waals surface area contributed by atoms with Gasteiger partial charge in [-0.25, -0.2) is 0 Å². The molecule has 3 aromatic carbocycles. The number of nitrogens with zero attached hydrogens (tertiary/aromatic N) is 1. The number of piperazine rings is 1. The van der Waals surface area contributed by atoms with Crippen molar-refractivity contribution in [2.45, 2.75) is 25.8 Å². The van der Waals surface area contributed by atoms with E-state index in [0.29, 0.717) is 22.2 Å². The van der Waals surface area contributed by atoms with Gasteiger partial charge < -0.3 is 10.6 Å². The number of hydrogen-bond acceptors (Lipinski definition) is 3. The average molecular weight is 494 g/mol. The van der Waals surface area contributed by atoms with Crippen LogP contribution in [0.1, 0.15) is 47.3 Å². The summed E-state index contributed by atoms with van der Waals surface area (Å²) >= 11 is 13.2. The monoisotopic (exact) mass is 493 g/mol. The van der Waals surface area contributed by atoms with Gasteiger partial charge in [-0.1, -0.05) is 72.9 Å². The summed E-state index contributed by atoms with van der Waals surface area (Å²) in [5, 5.41) is 7.57. The van der Waals surface area contributed by atoms with Gasteiger partial charge in [0.15, 0.2) is 0 Å². The molecular weight excluding hydrogens is 465 g/mol. The van der Waals surface area contributed by atoms with E-state index in [2.05, 4.69) is 52.8 Å². The minimum absolute atomic E-state index is 0.0503. The van der Waals surface area contributed by atoms with Gasteiger partial charge in [0.1, 0.15) is 0 Å². The maximum absolute atomic E-state index is 13.2. The van der Waals surface area contributed by atoms with Crippen molar-refractivity contribution in [1.29, 1.82) is 0 Å². The molecule has 176 valence electrons. The molecule has 6 heteroatoms. The van der Waals surface area contributed by atoms with Gasteiger partial charge in [-0.15, -0.1) is 0 Å². The molecule has 5 rings (SSSR count). The number of unbranched alkanes of at least 4 members (excludes halogenated alkanes) is 1. The number of carbonyl (C=O) groups excluding carboxylic acids is 1. The lowest BCUT2D eigenvalue weighted by atomic mass is 9.91. The van der Waals surface area contributed by atoms with Crippen LogP contribution in [0.5, 0.6) is 0 Å². The summed E-state index contributed by atoms with van der Waals surface area (Å²) in [5.41, 5.74) is 7.26. The molecule has 1 aliphatic carbocycles. The predicted molar refractivity (Wildman–Crippen MR) is 141 cm³/mol. The smallest absolute Gasteiger partial charge is 0.251 e. The molecule has 0 saturated carbocycles. The third-order valence-corrected chi connectivity index (χ3v) is 7.64. The first-order valence-corrected chi connectivity index (χ1v) is 12.8. The Bertz CT molecular complexity index is 1220. The Hall–Kier alpha value is -2.37. The van der Waals surface area contributed by atoms with Gasteiger partial charge in [0.05, 0.1) is 16.1 Å². The van der Waals surface area contributed by atoms with Crippen LogP contribution in [-0.2, 0) is 0 Å². The van der Waals surface area contributed by atoms with E-state index in [1.54, 1.807) is 6.07 Å². The van der Waals surface area contributed by atoms with E-state index < -0.39 is 0 Å². The molecule has 4 nitrogen and oxygen atoms in total. The topological polar surface area (TPSA) is 44.4 Å². The SMILES string of the molecule is CCCCNC(=O)c1cc(-c2cccc(Cl)c2Cl)c2c(c1)C(N1CCNCC1)c1ccccc1-2. The van der Waals surface area contributed by atoms with Crippen molar-refractivity contribution < 1.29 is 4.79 Å². The summed E-state index contributed by atoms with van der Waals surface area (Å²) in [5.74, 6) is -0.0503. The van der Waals surface area contributed by atoms with Crippen molar-refractivity contribution in [2.24, 2.45) is 0 Å². The fourth-order valence-electron chi connectivity index (χ4n) is 5.18. The van der Waals surface area contributed by atoms with Gasteiger partial charge in [-0.05, 0) is 52.4 Å². The first-order chi connectivity index (χ1) is 16.6. The number of nitrogens with one attached hydrogen (secondary N) is 2. The zero-order valence-electron chi connectivity index (χ0n) is 19.3. The minimum atomic E-state index is -0.0503. The highest BCUT2D eigenvalue weighted by molar-refractivity contribution is 6.43. The van der Waals surface area contributed by atoms with E-state index >= 15 is 0 Å². The molecular formula is C28H29Cl2N3O. The molecule has 2 N–H and O–H groups in total. The van der Waals surface area contributed by atoms with E-state index in [1.165, 1.54) is 11.1 Å². The van der Waals surface area contributed by atoms with Crippen molar-refractivity contribution in [2.75, 3.05) is 32.7 Å². The van der Waals surface area contributed by atoms with Gasteiger partial charge in [0, 0.05) is 43.9 Å². The van der Waals surface area contributed by atoms with Crippen LogP contribution in [0.2, 0.25) is 10.0 Å². The highest BCUT2D eigenvalue weighted by Crippen LogP contribution is 2.52. The van der Waals surface area contributed by atoms with Gasteiger partial charge >= 0.3 is 0 Å². The number of rotatable bonds is 6. The maximum Gasteiger partial charge on any atom is 0.251 e. The zero-order chi connectivity index (χ0) is 23.7. The summed E-state index contributed by atoms with van der Waals surface area (Å²) in [6, 6.07) is 18.5. The third kappa shape index (κ3) is 4.25. The molecule has 1 fully saturated rings. The van der Waals surface area contributed by atoms with Crippen LogP contribution in [0.4, 0.5) is 0 Å². The van der Waals surface area contributed by atoms with Crippen LogP contribution < -0.4 is 10.6 Å². The third-order valence-electron chi connectivity index (χ3n) is 6.82. The van der Waals surface area contributed by atoms with Crippen LogP contribution >= 0.6 is 23.2 Å². The fourth-order valence-corrected chi connectivity index (χ4v) is 5.58. The van der Waals surface area contributed by atoms with Crippen molar-refractivity contribution in [3.8, 4) is 22.3 Å². The summed E-state index contributed by atoms with van der Waals surface area (Å²) in [7, 11) is 0. The van der Waals surface area contributed by atoms with Crippen LogP contribution in [0.25, 0.3) is 22.3 Å². The number of fused-ring (bicyclic) bond motifs is 3. The summed E-state index contributed by atoms with van der Waals surface area (Å²) in [4.78, 5) is 15.7. The van der Waals surface area contributed by atoms with E-state index in [4.69, 9.17) is 23.2 Å². The molecule has 1 amide bonds. The Morgan fingerprint density at radius 3 is 2.56 bits per heavy atom. The van der Waals surface area contributed by atoms with Crippen molar-refractivity contribution in [3.05, 3.63) is 81.3 Å². The number of benzene rings is 3. The number of carbonyl (C=O) groups is 1. The second kappa shape index (κ2) is 10.1. The second-order valence-electron chi connectivity index (χ2n) is 8.97. The molecule has 2 aliphatic rings. The lowest BCUT2D eigenvalue weighted by Crippen LogP contribution is -2.45. The number of halogens is 2. The molecule has 3 aromatic rings. The second-order valence-corrected chi connectivity index (χ2v) is 9.76. The minimum Gasteiger partial charge on any atom is -0.352 e. The normalized spacial score (nSPS) is 17.3. The van der Waals surface area contributed by atoms with E-state index in [9.17, 15) is 4.79 Å². The maximum atomic E-state index is 13.2. The Morgan fingerprint density at radius 2 is 1.76 bits per heavy atom. The summed E-state index contributed by atoms with van der Waals surface area (Å²) in [6.07, 6.45) is 1.99. The molecule has 1 aliphatic heterocycles. The fraction of sp³-hybridized carbons (Fsp3) is 0.321. The molecule has 1 unspecified atom stereocenters. The molecule has 1 saturated heterocycles. The highest BCUT2D eigenvalue weighted by Gasteiger charge is 2.36. The van der Waals surface area contributed by atoms with Crippen molar-refractivity contribution >= 4 is 29.1 Å². The molecule has 0 radical (unpaired) electrons. The largest absolute Gasteiger partial charge is 0.352 e. The summed E-state index contributed by atoms with van der Waals surface area (Å²) < 4.78 is 0. The molecule has 0 aromatic heterocycles. The molecule has 34 heavy (non-hydrogen) atoms. The number of amides is 1. The van der Waals surface area contributed by atoms with Crippen LogP contribution in [0.15, 0.2) is 54.6 Å². The average Bonchev–Trinajstić information content (AvgIpc) is 3.20. The molecule has 1 heterocycles. The van der Waals surface area contributed by atoms with E-state index in [-0.39, 0.29) is 11.9 Å². The van der Waals surface area contributed by atoms with Gasteiger partial charge in [-0.3, -0.25) is 9.69 Å². The Kier molecular flexibility index (Phi) is 6.94. The quantitative estimate of drug-likeness (QED) is 0.403. The lowest BCUT2D eigenvalue weighted by molar-refractivity contribution is 0.0953. The number of hydrogen-bond donors (Lipinski definition) is 2. The Morgan fingerprint density at radius 1 is 1.00 bits per heavy atom. The molecule has 1 atom stereocenters. The lowest BCUT2D eigenvalue weighted by Gasteiger charge is -2.34. The van der Waals surface area contributed by atoms with Gasteiger partial charge in [0.2, 0.25) is 0 Å². The zero-order valence-corrected chi connectivity index (χ0v) is 20.8. The molecule has 0 bridgehead atoms. The first-order valence-electron chi connectivity index (χ1n) is 12.0. The van der Waals surface area contributed by atoms with Gasteiger partial charge in [0.25, 0.3) is 5.91 Å². The predicted octanol–water partition coefficient (Wildman–Crippen LogP) is 6.17. The van der Waals surface area contributed by atoms with E-state index in [1.807, 2.05) is 18.2 Å². The highest BCUT2D eigenvalue weighted by atomic mass is 35.5. The Balaban J connectivity index is 1.72. The summed E-state index contributed by atoms with van der Waals surface area (Å²) in [6.45, 7) is 6.62. The van der Waals surface area contributed by atoms with Crippen molar-refractivity contribution in [3.63, 3.8) is 0 Å². The molecule has 0 spiro atoms. The first kappa shape index (κ1) is 23.4. The van der Waals surface area contributed by atoms with Crippen molar-refractivity contribution in [1.82, 2.24) is 15.5 Å².